The highest BCUT2D eigenvalue weighted by Gasteiger charge is 2.30. The minimum Gasteiger partial charge on any atom is -0.462 e. The third kappa shape index (κ3) is 69.2. The number of hydrogen-bond acceptors (Lipinski definition) is 15. The van der Waals surface area contributed by atoms with E-state index in [1.807, 2.05) is 0 Å². The Labute approximate surface area is 588 Å². The first kappa shape index (κ1) is 94.1. The van der Waals surface area contributed by atoms with Crippen molar-refractivity contribution in [3.05, 3.63) is 0 Å². The van der Waals surface area contributed by atoms with Crippen molar-refractivity contribution in [2.75, 3.05) is 39.6 Å². The minimum atomic E-state index is -4.96. The van der Waals surface area contributed by atoms with Crippen LogP contribution in [0.15, 0.2) is 0 Å². The first-order valence-corrected chi connectivity index (χ1v) is 42.9. The van der Waals surface area contributed by atoms with E-state index in [1.54, 1.807) is 0 Å². The second-order valence-corrected chi connectivity index (χ2v) is 31.8. The van der Waals surface area contributed by atoms with Gasteiger partial charge in [-0.25, -0.2) is 9.13 Å². The number of phosphoric acid groups is 2. The summed E-state index contributed by atoms with van der Waals surface area (Å²) in [6, 6.07) is 0. The van der Waals surface area contributed by atoms with Crippen LogP contribution in [0.5, 0.6) is 0 Å². The standard InChI is InChI=1S/C77H150O17P2/c1-8-10-11-12-13-14-15-16-22-25-32-37-46-53-60-77(82)94-73(65-88-75(80)59-52-45-40-39-42-49-56-69(5)6)67-92-96(85,86)90-63-71(78)62-89-95(83,84)91-66-72(64-87-74(79)58-51-44-36-31-28-27-30-35-43-50-57-70(7)9-2)93-76(81)61-54-47-38-33-26-23-20-18-17-19-21-24-29-34-41-48-55-68(3)4/h68-73,78H,8-67H2,1-7H3,(H,83,84)(H,85,86)/t70?,71-,72-,73-/m1/s1. The largest absolute Gasteiger partial charge is 0.472 e. The lowest BCUT2D eigenvalue weighted by atomic mass is 9.99. The molecule has 0 aliphatic heterocycles. The van der Waals surface area contributed by atoms with Crippen molar-refractivity contribution in [3.63, 3.8) is 0 Å². The highest BCUT2D eigenvalue weighted by Crippen LogP contribution is 2.45. The summed E-state index contributed by atoms with van der Waals surface area (Å²) in [5.41, 5.74) is 0. The van der Waals surface area contributed by atoms with E-state index in [9.17, 15) is 43.2 Å². The number of aliphatic hydroxyl groups is 1. The van der Waals surface area contributed by atoms with Crippen LogP contribution in [0.4, 0.5) is 0 Å². The monoisotopic (exact) mass is 1410 g/mol. The van der Waals surface area contributed by atoms with Crippen LogP contribution in [0.25, 0.3) is 0 Å². The van der Waals surface area contributed by atoms with Gasteiger partial charge in [-0.05, 0) is 43.4 Å². The number of carbonyl (C=O) groups excluding carboxylic acids is 4. The highest BCUT2D eigenvalue weighted by molar-refractivity contribution is 7.47. The van der Waals surface area contributed by atoms with Gasteiger partial charge in [-0.2, -0.15) is 0 Å². The molecule has 0 radical (unpaired) electrons. The number of ether oxygens (including phenoxy) is 4. The number of phosphoric ester groups is 2. The Morgan fingerprint density at radius 2 is 0.531 bits per heavy atom. The van der Waals surface area contributed by atoms with Crippen molar-refractivity contribution >= 4 is 39.5 Å². The number of carbonyl (C=O) groups is 4. The first-order chi connectivity index (χ1) is 46.3. The van der Waals surface area contributed by atoms with Crippen LogP contribution < -0.4 is 0 Å². The zero-order valence-electron chi connectivity index (χ0n) is 62.8. The van der Waals surface area contributed by atoms with E-state index in [4.69, 9.17) is 37.0 Å². The SMILES string of the molecule is CCCCCCCCCCCCCCCCC(=O)O[C@H](COC(=O)CCCCCCCCC(C)C)COP(=O)(O)OC[C@H](O)COP(=O)(O)OC[C@@H](COC(=O)CCCCCCCCCCCCC(C)CC)OC(=O)CCCCCCCCCCCCCCCCCCC(C)C. The quantitative estimate of drug-likeness (QED) is 0.0222. The molecule has 3 unspecified atom stereocenters. The molecule has 96 heavy (non-hydrogen) atoms. The van der Waals surface area contributed by atoms with E-state index in [0.29, 0.717) is 31.6 Å². The van der Waals surface area contributed by atoms with Gasteiger partial charge in [0.2, 0.25) is 0 Å². The van der Waals surface area contributed by atoms with Crippen LogP contribution in [0.3, 0.4) is 0 Å². The number of unbranched alkanes of at least 4 members (excludes halogenated alkanes) is 42. The Kier molecular flexibility index (Phi) is 66.2. The smallest absolute Gasteiger partial charge is 0.462 e. The van der Waals surface area contributed by atoms with Crippen LogP contribution in [0.2, 0.25) is 0 Å². The molecule has 19 heteroatoms. The molecule has 0 aliphatic rings. The predicted octanol–water partition coefficient (Wildman–Crippen LogP) is 22.6. The average molecular weight is 1410 g/mol. The molecule has 0 spiro atoms. The van der Waals surface area contributed by atoms with Gasteiger partial charge in [0, 0.05) is 25.7 Å². The highest BCUT2D eigenvalue weighted by atomic mass is 31.2. The van der Waals surface area contributed by atoms with Gasteiger partial charge in [-0.3, -0.25) is 37.3 Å². The third-order valence-electron chi connectivity index (χ3n) is 18.2. The number of esters is 4. The fraction of sp³-hybridized carbons (Fsp3) is 0.948. The molecule has 570 valence electrons. The summed E-state index contributed by atoms with van der Waals surface area (Å²) in [4.78, 5) is 72.8. The maximum Gasteiger partial charge on any atom is 0.472 e. The molecule has 0 aromatic heterocycles. The second kappa shape index (κ2) is 67.5. The molecule has 0 aliphatic carbocycles. The summed E-state index contributed by atoms with van der Waals surface area (Å²) < 4.78 is 68.5. The van der Waals surface area contributed by atoms with Gasteiger partial charge in [0.15, 0.2) is 12.2 Å². The maximum atomic E-state index is 13.1. The van der Waals surface area contributed by atoms with Gasteiger partial charge in [0.05, 0.1) is 26.4 Å². The molecule has 3 N–H and O–H groups in total. The predicted molar refractivity (Wildman–Crippen MR) is 391 cm³/mol. The molecule has 0 fully saturated rings. The molecular formula is C77H150O17P2. The lowest BCUT2D eigenvalue weighted by Crippen LogP contribution is -2.30. The van der Waals surface area contributed by atoms with E-state index in [0.717, 1.165) is 108 Å². The van der Waals surface area contributed by atoms with Gasteiger partial charge in [0.25, 0.3) is 0 Å². The Morgan fingerprint density at radius 3 is 0.792 bits per heavy atom. The van der Waals surface area contributed by atoms with Gasteiger partial charge < -0.3 is 33.8 Å². The van der Waals surface area contributed by atoms with E-state index < -0.39 is 97.5 Å². The van der Waals surface area contributed by atoms with E-state index in [1.165, 1.54) is 199 Å². The van der Waals surface area contributed by atoms with Crippen LogP contribution in [-0.2, 0) is 65.4 Å². The van der Waals surface area contributed by atoms with Crippen molar-refractivity contribution in [1.29, 1.82) is 0 Å². The van der Waals surface area contributed by atoms with Crippen molar-refractivity contribution in [1.82, 2.24) is 0 Å². The summed E-state index contributed by atoms with van der Waals surface area (Å²) in [5.74, 6) is 0.181. The normalized spacial score (nSPS) is 14.3. The zero-order chi connectivity index (χ0) is 70.9. The van der Waals surface area contributed by atoms with Crippen molar-refractivity contribution < 1.29 is 80.2 Å². The first-order valence-electron chi connectivity index (χ1n) is 39.9. The third-order valence-corrected chi connectivity index (χ3v) is 20.1. The second-order valence-electron chi connectivity index (χ2n) is 28.9. The van der Waals surface area contributed by atoms with Gasteiger partial charge in [0.1, 0.15) is 19.3 Å². The minimum absolute atomic E-state index is 0.107. The molecular weight excluding hydrogens is 1260 g/mol. The number of rotatable bonds is 75. The summed E-state index contributed by atoms with van der Waals surface area (Å²) in [7, 11) is -9.91. The zero-order valence-corrected chi connectivity index (χ0v) is 64.6. The van der Waals surface area contributed by atoms with E-state index >= 15 is 0 Å². The van der Waals surface area contributed by atoms with Crippen molar-refractivity contribution in [2.24, 2.45) is 17.8 Å². The van der Waals surface area contributed by atoms with Crippen molar-refractivity contribution in [3.8, 4) is 0 Å². The molecule has 0 amide bonds. The Hall–Kier alpha value is -1.94. The topological polar surface area (TPSA) is 237 Å². The lowest BCUT2D eigenvalue weighted by Gasteiger charge is -2.21. The van der Waals surface area contributed by atoms with E-state index in [2.05, 4.69) is 48.5 Å². The molecule has 0 saturated heterocycles. The molecule has 0 aromatic rings. The molecule has 0 aromatic carbocycles. The summed E-state index contributed by atoms with van der Waals surface area (Å²) >= 11 is 0. The molecule has 6 atom stereocenters. The Morgan fingerprint density at radius 1 is 0.302 bits per heavy atom. The molecule has 0 bridgehead atoms. The molecule has 0 rings (SSSR count). The van der Waals surface area contributed by atoms with Gasteiger partial charge >= 0.3 is 39.5 Å². The summed E-state index contributed by atoms with van der Waals surface area (Å²) in [6.07, 6.45) is 54.1. The summed E-state index contributed by atoms with van der Waals surface area (Å²) in [6.45, 7) is 11.9. The van der Waals surface area contributed by atoms with Crippen LogP contribution in [0, 0.1) is 17.8 Å². The van der Waals surface area contributed by atoms with Crippen LogP contribution in [0.1, 0.15) is 395 Å². The van der Waals surface area contributed by atoms with Crippen LogP contribution >= 0.6 is 15.6 Å². The average Bonchev–Trinajstić information content (AvgIpc) is 2.01. The maximum absolute atomic E-state index is 13.1. The fourth-order valence-corrected chi connectivity index (χ4v) is 13.3. The van der Waals surface area contributed by atoms with Gasteiger partial charge in [-0.15, -0.1) is 0 Å². The Balaban J connectivity index is 5.23. The number of hydrogen-bond donors (Lipinski definition) is 3. The lowest BCUT2D eigenvalue weighted by molar-refractivity contribution is -0.161. The van der Waals surface area contributed by atoms with Crippen molar-refractivity contribution in [2.45, 2.75) is 414 Å². The Bertz CT molecular complexity index is 1870. The van der Waals surface area contributed by atoms with Gasteiger partial charge in [-0.1, -0.05) is 344 Å². The van der Waals surface area contributed by atoms with E-state index in [-0.39, 0.29) is 25.7 Å². The molecule has 0 heterocycles. The summed E-state index contributed by atoms with van der Waals surface area (Å²) in [5, 5.41) is 10.6. The fourth-order valence-electron chi connectivity index (χ4n) is 11.7. The number of aliphatic hydroxyl groups excluding tert-OH is 1. The molecule has 17 nitrogen and oxygen atoms in total. The molecule has 0 saturated carbocycles. The van der Waals surface area contributed by atoms with Crippen LogP contribution in [-0.4, -0.2) is 96.7 Å².